The first-order valence-corrected chi connectivity index (χ1v) is 17.0. The van der Waals surface area contributed by atoms with Crippen LogP contribution >= 0.6 is 0 Å². The average Bonchev–Trinajstić information content (AvgIpc) is 3.13. The van der Waals surface area contributed by atoms with Gasteiger partial charge in [0, 0.05) is 58.7 Å². The number of halogens is 2. The van der Waals surface area contributed by atoms with Crippen molar-refractivity contribution in [1.29, 1.82) is 0 Å². The molecule has 0 unspecified atom stereocenters. The Kier molecular flexibility index (Phi) is 12.1. The molecule has 0 aliphatic rings. The number of fused-ring (bicyclic) bond motifs is 2. The van der Waals surface area contributed by atoms with Gasteiger partial charge in [0.15, 0.2) is 23.3 Å². The van der Waals surface area contributed by atoms with Crippen LogP contribution in [0.25, 0.3) is 21.8 Å². The van der Waals surface area contributed by atoms with Gasteiger partial charge in [0.2, 0.25) is 0 Å². The average molecular weight is 737 g/mol. The quantitative estimate of drug-likeness (QED) is 0.0775. The van der Waals surface area contributed by atoms with Crippen molar-refractivity contribution in [2.45, 2.75) is 51.9 Å². The summed E-state index contributed by atoms with van der Waals surface area (Å²) in [5.41, 5.74) is 25.3. The van der Waals surface area contributed by atoms with Crippen LogP contribution in [0.2, 0.25) is 0 Å². The number of rotatable bonds is 12. The fourth-order valence-electron chi connectivity index (χ4n) is 5.02. The Balaban J connectivity index is 0.000000208. The molecule has 2 amide bonds. The van der Waals surface area contributed by atoms with Crippen molar-refractivity contribution in [1.82, 2.24) is 19.9 Å². The molecule has 0 fully saturated rings. The highest BCUT2D eigenvalue weighted by molar-refractivity contribution is 6.00. The first-order chi connectivity index (χ1) is 25.7. The highest BCUT2D eigenvalue weighted by Crippen LogP contribution is 2.28. The van der Waals surface area contributed by atoms with Crippen molar-refractivity contribution in [3.05, 3.63) is 108 Å². The van der Waals surface area contributed by atoms with Gasteiger partial charge >= 0.3 is 0 Å². The lowest BCUT2D eigenvalue weighted by atomic mass is 10.1. The Morgan fingerprint density at radius 1 is 0.593 bits per heavy atom. The van der Waals surface area contributed by atoms with Crippen LogP contribution in [0.15, 0.2) is 85.2 Å². The molecule has 14 nitrogen and oxygen atoms in total. The van der Waals surface area contributed by atoms with E-state index >= 15 is 0 Å². The number of nitrogens with one attached hydrogen (secondary N) is 4. The maximum atomic E-state index is 14.4. The molecule has 0 bridgehead atoms. The smallest absolute Gasteiger partial charge is 0.252 e. The van der Waals surface area contributed by atoms with Crippen LogP contribution in [-0.2, 0) is 0 Å². The van der Waals surface area contributed by atoms with E-state index in [1.807, 2.05) is 62.4 Å². The zero-order valence-electron chi connectivity index (χ0n) is 30.1. The number of carbonyl (C=O) groups is 2. The van der Waals surface area contributed by atoms with Crippen LogP contribution in [0.1, 0.15) is 48.4 Å². The third-order valence-electron chi connectivity index (χ3n) is 8.52. The lowest BCUT2D eigenvalue weighted by Gasteiger charge is -2.20. The van der Waals surface area contributed by atoms with Crippen LogP contribution < -0.4 is 44.2 Å². The number of primary amides is 2. The molecule has 4 heterocycles. The summed E-state index contributed by atoms with van der Waals surface area (Å²) in [6.07, 6.45) is 3.42. The predicted octanol–water partition coefficient (Wildman–Crippen LogP) is 5.52. The van der Waals surface area contributed by atoms with Gasteiger partial charge in [0.1, 0.15) is 11.6 Å². The SMILES string of the molecule is C[C@H](N)[C@@H](C)Nc1nc(Nc2ccc3ncccc3c2)c(C(N)=O)cc1F.C[C@H](Nc1nc(Nc2ccc3ncccc3c2)c(C(N)=O)cc1F)[C@@H](C)N. The molecule has 6 rings (SSSR count). The van der Waals surface area contributed by atoms with E-state index in [-0.39, 0.29) is 58.6 Å². The van der Waals surface area contributed by atoms with Crippen LogP contribution in [0.4, 0.5) is 43.4 Å². The van der Waals surface area contributed by atoms with E-state index < -0.39 is 23.4 Å². The maximum Gasteiger partial charge on any atom is 0.252 e. The number of hydrogen-bond donors (Lipinski definition) is 8. The monoisotopic (exact) mass is 736 g/mol. The summed E-state index contributed by atoms with van der Waals surface area (Å²) in [5, 5.41) is 13.7. The summed E-state index contributed by atoms with van der Waals surface area (Å²) in [6, 6.07) is 19.7. The molecule has 0 aliphatic carbocycles. The van der Waals surface area contributed by atoms with Gasteiger partial charge in [-0.25, -0.2) is 18.7 Å². The third kappa shape index (κ3) is 9.47. The third-order valence-corrected chi connectivity index (χ3v) is 8.52. The first-order valence-electron chi connectivity index (χ1n) is 17.0. The second-order valence-electron chi connectivity index (χ2n) is 12.8. The second kappa shape index (κ2) is 16.9. The molecular weight excluding hydrogens is 694 g/mol. The Morgan fingerprint density at radius 2 is 0.981 bits per heavy atom. The Hall–Kier alpha value is -6.52. The molecule has 4 atom stereocenters. The van der Waals surface area contributed by atoms with E-state index in [2.05, 4.69) is 41.2 Å². The molecule has 4 aromatic heterocycles. The number of aromatic nitrogens is 4. The minimum atomic E-state index is -0.779. The molecule has 0 saturated carbocycles. The van der Waals surface area contributed by atoms with Crippen LogP contribution in [0.3, 0.4) is 0 Å². The van der Waals surface area contributed by atoms with E-state index in [1.165, 1.54) is 0 Å². The Labute approximate surface area is 310 Å². The second-order valence-corrected chi connectivity index (χ2v) is 12.8. The van der Waals surface area contributed by atoms with Crippen LogP contribution in [0, 0.1) is 11.6 Å². The summed E-state index contributed by atoms with van der Waals surface area (Å²) >= 11 is 0. The molecule has 6 aromatic rings. The molecule has 0 radical (unpaired) electrons. The Bertz CT molecular complexity index is 2140. The van der Waals surface area contributed by atoms with Crippen LogP contribution in [-0.4, -0.2) is 55.9 Å². The summed E-state index contributed by atoms with van der Waals surface area (Å²) in [7, 11) is 0. The number of pyridine rings is 4. The van der Waals surface area contributed by atoms with Crippen molar-refractivity contribution in [2.24, 2.45) is 22.9 Å². The minimum absolute atomic E-state index is 0.00486. The van der Waals surface area contributed by atoms with Crippen molar-refractivity contribution in [3.8, 4) is 0 Å². The number of nitrogens with two attached hydrogens (primary N) is 4. The molecule has 16 heteroatoms. The molecule has 280 valence electrons. The van der Waals surface area contributed by atoms with E-state index in [4.69, 9.17) is 22.9 Å². The van der Waals surface area contributed by atoms with E-state index in [1.54, 1.807) is 38.4 Å². The van der Waals surface area contributed by atoms with Gasteiger partial charge < -0.3 is 44.2 Å². The molecular formula is C38H42F2N12O2. The molecule has 2 aromatic carbocycles. The van der Waals surface area contributed by atoms with Gasteiger partial charge in [0.25, 0.3) is 11.8 Å². The van der Waals surface area contributed by atoms with Crippen molar-refractivity contribution in [2.75, 3.05) is 21.3 Å². The van der Waals surface area contributed by atoms with Gasteiger partial charge in [-0.15, -0.1) is 0 Å². The predicted molar refractivity (Wildman–Crippen MR) is 209 cm³/mol. The normalized spacial score (nSPS) is 13.2. The number of carbonyl (C=O) groups excluding carboxylic acids is 2. The van der Waals surface area contributed by atoms with Gasteiger partial charge in [-0.1, -0.05) is 12.1 Å². The van der Waals surface area contributed by atoms with Crippen molar-refractivity contribution < 1.29 is 18.4 Å². The van der Waals surface area contributed by atoms with E-state index in [0.29, 0.717) is 11.4 Å². The fraction of sp³-hybridized carbons (Fsp3) is 0.211. The maximum absolute atomic E-state index is 14.4. The zero-order valence-corrected chi connectivity index (χ0v) is 30.1. The topological polar surface area (TPSA) is 238 Å². The van der Waals surface area contributed by atoms with Crippen molar-refractivity contribution in [3.63, 3.8) is 0 Å². The molecule has 0 saturated heterocycles. The lowest BCUT2D eigenvalue weighted by molar-refractivity contribution is 0.0992. The number of benzene rings is 2. The van der Waals surface area contributed by atoms with Gasteiger partial charge in [-0.2, -0.15) is 0 Å². The highest BCUT2D eigenvalue weighted by atomic mass is 19.1. The lowest BCUT2D eigenvalue weighted by Crippen LogP contribution is -2.35. The summed E-state index contributed by atoms with van der Waals surface area (Å²) in [5.74, 6) is -2.60. The summed E-state index contributed by atoms with van der Waals surface area (Å²) in [6.45, 7) is 7.24. The summed E-state index contributed by atoms with van der Waals surface area (Å²) < 4.78 is 28.7. The minimum Gasteiger partial charge on any atom is -0.365 e. The fourth-order valence-corrected chi connectivity index (χ4v) is 5.02. The van der Waals surface area contributed by atoms with Crippen molar-refractivity contribution >= 4 is 68.3 Å². The molecule has 54 heavy (non-hydrogen) atoms. The number of anilines is 6. The van der Waals surface area contributed by atoms with Gasteiger partial charge in [0.05, 0.1) is 22.2 Å². The standard InChI is InChI=1S/2C19H21FN6O/c2*1-10(21)11(2)24-19-15(20)9-14(17(22)27)18(26-19)25-13-5-6-16-12(8-13)4-3-7-23-16/h2*3-11H,21H2,1-2H3,(H2,22,27)(H2,24,25,26)/t2*10-,11+/m10/s1. The summed E-state index contributed by atoms with van der Waals surface area (Å²) in [4.78, 5) is 40.5. The van der Waals surface area contributed by atoms with Gasteiger partial charge in [-0.3, -0.25) is 19.6 Å². The largest absolute Gasteiger partial charge is 0.365 e. The number of amides is 2. The zero-order chi connectivity index (χ0) is 39.1. The highest BCUT2D eigenvalue weighted by Gasteiger charge is 2.20. The number of nitrogens with zero attached hydrogens (tertiary/aromatic N) is 4. The van der Waals surface area contributed by atoms with E-state index in [0.717, 1.165) is 33.9 Å². The molecule has 0 spiro atoms. The molecule has 12 N–H and O–H groups in total. The van der Waals surface area contributed by atoms with Gasteiger partial charge in [-0.05, 0) is 88.4 Å². The number of hydrogen-bond acceptors (Lipinski definition) is 12. The van der Waals surface area contributed by atoms with Crippen LogP contribution in [0.5, 0.6) is 0 Å². The molecule has 0 aliphatic heterocycles. The van der Waals surface area contributed by atoms with E-state index in [9.17, 15) is 18.4 Å². The Morgan fingerprint density at radius 3 is 1.33 bits per heavy atom. The first kappa shape index (κ1) is 38.7.